The Morgan fingerprint density at radius 1 is 0.815 bits per heavy atom. The number of carbonyl (C=O) groups is 2. The molecule has 11 nitrogen and oxygen atoms in total. The zero-order valence-corrected chi connectivity index (χ0v) is 37.9. The Morgan fingerprint density at radius 2 is 1.51 bits per heavy atom. The summed E-state index contributed by atoms with van der Waals surface area (Å²) >= 11 is 0. The Morgan fingerprint density at radius 3 is 2.25 bits per heavy atom. The molecule has 328 valence electrons. The first-order chi connectivity index (χ1) is 31.6. The maximum absolute atomic E-state index is 15.8. The fraction of sp³-hybridized carbons (Fsp3) is 0.245. The highest BCUT2D eigenvalue weighted by Crippen LogP contribution is 2.61. The summed E-state index contributed by atoms with van der Waals surface area (Å²) < 4.78 is 21.3. The highest BCUT2D eigenvalue weighted by Gasteiger charge is 2.66. The number of aliphatic hydroxyl groups excluding tert-OH is 1. The molecule has 7 aromatic rings. The van der Waals surface area contributed by atoms with Crippen molar-refractivity contribution < 1.29 is 28.9 Å². The van der Waals surface area contributed by atoms with Crippen LogP contribution in [0.25, 0.3) is 0 Å². The molecule has 1 fully saturated rings. The summed E-state index contributed by atoms with van der Waals surface area (Å²) in [5.74, 6) is 0.833. The number of methoxy groups -OCH3 is 1. The van der Waals surface area contributed by atoms with E-state index < -0.39 is 13.7 Å². The summed E-state index contributed by atoms with van der Waals surface area (Å²) in [6, 6.07) is 48.9. The summed E-state index contributed by atoms with van der Waals surface area (Å²) in [4.78, 5) is 34.1. The Balaban J connectivity index is 1.09. The summed E-state index contributed by atoms with van der Waals surface area (Å²) in [6.07, 6.45) is 2.08. The van der Waals surface area contributed by atoms with Crippen molar-refractivity contribution in [3.05, 3.63) is 186 Å². The first kappa shape index (κ1) is 42.1. The summed E-state index contributed by atoms with van der Waals surface area (Å²) in [6.45, 7) is 7.64. The minimum atomic E-state index is -2.51. The van der Waals surface area contributed by atoms with Crippen LogP contribution >= 0.6 is 0 Å². The second kappa shape index (κ2) is 16.9. The van der Waals surface area contributed by atoms with E-state index >= 15 is 4.79 Å². The number of nitrogens with zero attached hydrogens (tertiary/aromatic N) is 5. The fourth-order valence-electron chi connectivity index (χ4n) is 10.6. The molecule has 3 aliphatic rings. The van der Waals surface area contributed by atoms with Gasteiger partial charge in [0.05, 0.1) is 63.0 Å². The molecule has 0 radical (unpaired) electrons. The van der Waals surface area contributed by atoms with E-state index in [0.29, 0.717) is 53.6 Å². The van der Waals surface area contributed by atoms with E-state index in [1.165, 1.54) is 5.19 Å². The lowest BCUT2D eigenvalue weighted by atomic mass is 9.82. The third-order valence-electron chi connectivity index (χ3n) is 13.8. The van der Waals surface area contributed by atoms with Crippen molar-refractivity contribution in [2.75, 3.05) is 23.5 Å². The Labute approximate surface area is 379 Å². The maximum atomic E-state index is 15.8. The molecule has 1 spiro atoms. The quantitative estimate of drug-likeness (QED) is 0.121. The summed E-state index contributed by atoms with van der Waals surface area (Å²) in [5.41, 5.74) is 4.31. The number of rotatable bonds is 12. The number of amides is 2. The highest BCUT2D eigenvalue weighted by atomic mass is 28.3. The van der Waals surface area contributed by atoms with Gasteiger partial charge in [-0.3, -0.25) is 19.2 Å². The molecular weight excluding hydrogens is 831 g/mol. The first-order valence-corrected chi connectivity index (χ1v) is 25.3. The normalized spacial score (nSPS) is 20.5. The van der Waals surface area contributed by atoms with Gasteiger partial charge in [0.25, 0.3) is 11.8 Å². The van der Waals surface area contributed by atoms with E-state index in [9.17, 15) is 9.90 Å². The Kier molecular flexibility index (Phi) is 11.0. The van der Waals surface area contributed by atoms with Gasteiger partial charge in [-0.25, -0.2) is 0 Å². The number of aromatic nitrogens is 3. The molecule has 0 bridgehead atoms. The zero-order valence-electron chi connectivity index (χ0n) is 36.9. The van der Waals surface area contributed by atoms with Crippen molar-refractivity contribution >= 4 is 42.1 Å². The summed E-state index contributed by atoms with van der Waals surface area (Å²) in [7, 11) is -0.840. The molecule has 2 amide bonds. The van der Waals surface area contributed by atoms with Gasteiger partial charge >= 0.3 is 0 Å². The number of benzene rings is 6. The molecule has 12 heteroatoms. The molecule has 1 saturated heterocycles. The van der Waals surface area contributed by atoms with Crippen molar-refractivity contribution in [1.82, 2.24) is 15.0 Å². The second-order valence-corrected chi connectivity index (χ2v) is 22.5. The van der Waals surface area contributed by atoms with Crippen molar-refractivity contribution in [2.45, 2.75) is 62.7 Å². The number of ether oxygens (including phenoxy) is 3. The molecule has 10 rings (SSSR count). The first-order valence-electron chi connectivity index (χ1n) is 22.2. The SMILES string of the molecule is COc1ccc([Si](C)(C)[C@@H]2[C@@H](CCn3cc(C(CO)c4ccccc4)nn3)O[C@]3(C(=O)N(Cc4ccccc4)c4ccc(N5C(=O)c6ccccc6Oc6ccccc65)cc43)[C@H]2C)cc1. The van der Waals surface area contributed by atoms with Gasteiger partial charge in [0.2, 0.25) is 0 Å². The predicted octanol–water partition coefficient (Wildman–Crippen LogP) is 9.35. The Hall–Kier alpha value is -6.86. The van der Waals surface area contributed by atoms with Crippen LogP contribution in [0.2, 0.25) is 18.6 Å². The number of carbonyl (C=O) groups excluding carboxylic acids is 2. The van der Waals surface area contributed by atoms with Crippen LogP contribution in [0, 0.1) is 5.92 Å². The molecule has 6 aromatic carbocycles. The smallest absolute Gasteiger partial charge is 0.266 e. The van der Waals surface area contributed by atoms with Crippen molar-refractivity contribution in [3.8, 4) is 17.2 Å². The lowest BCUT2D eigenvalue weighted by Crippen LogP contribution is -2.51. The number of aryl methyl sites for hydroxylation is 1. The average Bonchev–Trinajstić information content (AvgIpc) is 3.97. The molecule has 1 aromatic heterocycles. The highest BCUT2D eigenvalue weighted by molar-refractivity contribution is 6.91. The van der Waals surface area contributed by atoms with Gasteiger partial charge in [-0.1, -0.05) is 127 Å². The van der Waals surface area contributed by atoms with Crippen molar-refractivity contribution in [2.24, 2.45) is 5.92 Å². The maximum Gasteiger partial charge on any atom is 0.266 e. The van der Waals surface area contributed by atoms with Crippen LogP contribution in [-0.4, -0.2) is 59.8 Å². The third-order valence-corrected chi connectivity index (χ3v) is 18.2. The van der Waals surface area contributed by atoms with Crippen molar-refractivity contribution in [3.63, 3.8) is 0 Å². The molecule has 5 atom stereocenters. The van der Waals surface area contributed by atoms with Gasteiger partial charge in [-0.05, 0) is 77.7 Å². The number of aliphatic hydroxyl groups is 1. The number of hydrogen-bond donors (Lipinski definition) is 1. The minimum absolute atomic E-state index is 0.0497. The molecular formula is C53H51N5O6Si. The summed E-state index contributed by atoms with van der Waals surface area (Å²) in [5, 5.41) is 20.7. The van der Waals surface area contributed by atoms with Gasteiger partial charge in [-0.15, -0.1) is 5.10 Å². The number of para-hydroxylation sites is 3. The van der Waals surface area contributed by atoms with Gasteiger partial charge < -0.3 is 24.2 Å². The van der Waals surface area contributed by atoms with Gasteiger partial charge in [0, 0.05) is 29.9 Å². The van der Waals surface area contributed by atoms with E-state index in [-0.39, 0.29) is 41.9 Å². The molecule has 1 unspecified atom stereocenters. The third kappa shape index (κ3) is 7.22. The molecule has 0 saturated carbocycles. The molecule has 0 aliphatic carbocycles. The van der Waals surface area contributed by atoms with Gasteiger partial charge in [-0.2, -0.15) is 0 Å². The van der Waals surface area contributed by atoms with E-state index in [0.717, 1.165) is 28.1 Å². The van der Waals surface area contributed by atoms with E-state index in [1.54, 1.807) is 18.1 Å². The number of anilines is 3. The van der Waals surface area contributed by atoms with E-state index in [2.05, 4.69) is 42.5 Å². The monoisotopic (exact) mass is 881 g/mol. The Bertz CT molecular complexity index is 2870. The predicted molar refractivity (Wildman–Crippen MR) is 253 cm³/mol. The molecule has 3 aliphatic heterocycles. The zero-order chi connectivity index (χ0) is 44.9. The fourth-order valence-corrected chi connectivity index (χ4v) is 14.7. The largest absolute Gasteiger partial charge is 0.497 e. The molecule has 4 heterocycles. The van der Waals surface area contributed by atoms with E-state index in [4.69, 9.17) is 14.2 Å². The second-order valence-electron chi connectivity index (χ2n) is 17.8. The van der Waals surface area contributed by atoms with Crippen LogP contribution < -0.4 is 24.5 Å². The molecule has 65 heavy (non-hydrogen) atoms. The number of hydrogen-bond acceptors (Lipinski definition) is 8. The van der Waals surface area contributed by atoms with Gasteiger partial charge in [0.15, 0.2) is 11.4 Å². The van der Waals surface area contributed by atoms with Crippen LogP contribution in [0.1, 0.15) is 52.0 Å². The lowest BCUT2D eigenvalue weighted by Gasteiger charge is -2.37. The average molecular weight is 882 g/mol. The minimum Gasteiger partial charge on any atom is -0.497 e. The van der Waals surface area contributed by atoms with Crippen LogP contribution in [-0.2, 0) is 28.2 Å². The van der Waals surface area contributed by atoms with Crippen molar-refractivity contribution in [1.29, 1.82) is 0 Å². The topological polar surface area (TPSA) is 119 Å². The van der Waals surface area contributed by atoms with E-state index in [1.807, 2.05) is 149 Å². The van der Waals surface area contributed by atoms with Crippen LogP contribution in [0.15, 0.2) is 158 Å². The van der Waals surface area contributed by atoms with Gasteiger partial charge in [0.1, 0.15) is 11.5 Å². The number of fused-ring (bicyclic) bond motifs is 4. The van der Waals surface area contributed by atoms with Crippen LogP contribution in [0.4, 0.5) is 17.1 Å². The lowest BCUT2D eigenvalue weighted by molar-refractivity contribution is -0.146. The van der Waals surface area contributed by atoms with Crippen LogP contribution in [0.3, 0.4) is 0 Å². The van der Waals surface area contributed by atoms with Crippen LogP contribution in [0.5, 0.6) is 17.2 Å². The molecule has 1 N–H and O–H groups in total. The standard InChI is InChI=1S/C53H51N5O6Si/c1-35-50(65(3,4)40-26-24-39(62-2)25-27-40)49(29-30-56-33-44(54-55-56)42(34-59)37-17-9-6-10-18-37)64-53(35)43-31-38(23-28-45(43)57(52(53)61)32-36-15-7-5-8-16-36)58-46-20-12-14-22-48(46)63-47-21-13-11-19-41(47)51(58)60/h5-28,31,33,35,42,49-50,59H,29-30,32,34H2,1-4H3/t35-,42?,49+,50-,53+/m0/s1.